The van der Waals surface area contributed by atoms with Crippen molar-refractivity contribution in [3.8, 4) is 0 Å². The van der Waals surface area contributed by atoms with Crippen molar-refractivity contribution in [1.82, 2.24) is 0 Å². The van der Waals surface area contributed by atoms with E-state index < -0.39 is 0 Å². The first-order valence-electron chi connectivity index (χ1n) is 6.27. The lowest BCUT2D eigenvalue weighted by Gasteiger charge is -2.26. The summed E-state index contributed by atoms with van der Waals surface area (Å²) in [6.07, 6.45) is 0.858. The van der Waals surface area contributed by atoms with Crippen molar-refractivity contribution >= 4 is 28.5 Å². The minimum Gasteiger partial charge on any atom is -0.478 e. The summed E-state index contributed by atoms with van der Waals surface area (Å²) in [4.78, 5) is 4.65. The van der Waals surface area contributed by atoms with Crippen molar-refractivity contribution in [2.75, 3.05) is 6.61 Å². The first-order valence-corrected chi connectivity index (χ1v) is 7.35. The molecular formula is C15H20INO. The standard InChI is InChI=1S/C15H20INO/c1-14(2,11-7-5-6-8-12(11)16)9-13-17-15(3,4)10-18-13/h5-8H,9-10H2,1-4H3. The van der Waals surface area contributed by atoms with Gasteiger partial charge in [-0.2, -0.15) is 0 Å². The maximum atomic E-state index is 5.71. The third-order valence-corrected chi connectivity index (χ3v) is 4.16. The number of rotatable bonds is 3. The van der Waals surface area contributed by atoms with Crippen LogP contribution in [-0.2, 0) is 10.2 Å². The summed E-state index contributed by atoms with van der Waals surface area (Å²) in [6.45, 7) is 9.42. The fraction of sp³-hybridized carbons (Fsp3) is 0.533. The molecule has 3 heteroatoms. The van der Waals surface area contributed by atoms with Crippen molar-refractivity contribution in [1.29, 1.82) is 0 Å². The minimum atomic E-state index is -0.0603. The second-order valence-electron chi connectivity index (χ2n) is 6.15. The molecule has 0 radical (unpaired) electrons. The molecule has 18 heavy (non-hydrogen) atoms. The molecule has 0 fully saturated rings. The zero-order valence-corrected chi connectivity index (χ0v) is 13.6. The maximum absolute atomic E-state index is 5.71. The predicted octanol–water partition coefficient (Wildman–Crippen LogP) is 4.17. The Balaban J connectivity index is 2.21. The van der Waals surface area contributed by atoms with Crippen molar-refractivity contribution in [2.45, 2.75) is 45.1 Å². The predicted molar refractivity (Wildman–Crippen MR) is 84.3 cm³/mol. The third kappa shape index (κ3) is 3.05. The number of ether oxygens (including phenoxy) is 1. The number of aliphatic imine (C=N–C) groups is 1. The summed E-state index contributed by atoms with van der Waals surface area (Å²) in [7, 11) is 0. The van der Waals surface area contributed by atoms with E-state index in [0.717, 1.165) is 12.3 Å². The van der Waals surface area contributed by atoms with E-state index in [0.29, 0.717) is 6.61 Å². The monoisotopic (exact) mass is 357 g/mol. The molecule has 0 aliphatic carbocycles. The van der Waals surface area contributed by atoms with Gasteiger partial charge in [-0.05, 0) is 53.5 Å². The molecule has 0 atom stereocenters. The van der Waals surface area contributed by atoms with Crippen LogP contribution in [0.15, 0.2) is 29.3 Å². The van der Waals surface area contributed by atoms with Gasteiger partial charge in [0.2, 0.25) is 0 Å². The lowest BCUT2D eigenvalue weighted by Crippen LogP contribution is -2.23. The van der Waals surface area contributed by atoms with Gasteiger partial charge >= 0.3 is 0 Å². The van der Waals surface area contributed by atoms with E-state index in [9.17, 15) is 0 Å². The second kappa shape index (κ2) is 4.83. The second-order valence-corrected chi connectivity index (χ2v) is 7.31. The summed E-state index contributed by atoms with van der Waals surface area (Å²) >= 11 is 2.40. The first-order chi connectivity index (χ1) is 8.30. The Morgan fingerprint density at radius 2 is 2.00 bits per heavy atom. The summed E-state index contributed by atoms with van der Waals surface area (Å²) in [5.74, 6) is 0.893. The Bertz CT molecular complexity index is 477. The van der Waals surface area contributed by atoms with Crippen LogP contribution in [0.25, 0.3) is 0 Å². The zero-order valence-electron chi connectivity index (χ0n) is 11.5. The van der Waals surface area contributed by atoms with Gasteiger partial charge in [-0.15, -0.1) is 0 Å². The van der Waals surface area contributed by atoms with Gasteiger partial charge in [0, 0.05) is 9.99 Å². The lowest BCUT2D eigenvalue weighted by atomic mass is 9.81. The summed E-state index contributed by atoms with van der Waals surface area (Å²) in [5.41, 5.74) is 1.35. The molecule has 0 amide bonds. The molecule has 0 aromatic heterocycles. The van der Waals surface area contributed by atoms with Gasteiger partial charge in [-0.1, -0.05) is 32.0 Å². The van der Waals surface area contributed by atoms with E-state index in [1.165, 1.54) is 9.13 Å². The molecule has 1 aromatic carbocycles. The fourth-order valence-electron chi connectivity index (χ4n) is 2.24. The van der Waals surface area contributed by atoms with E-state index in [-0.39, 0.29) is 11.0 Å². The average molecular weight is 357 g/mol. The number of hydrogen-bond donors (Lipinski definition) is 0. The smallest absolute Gasteiger partial charge is 0.184 e. The minimum absolute atomic E-state index is 0.0526. The highest BCUT2D eigenvalue weighted by atomic mass is 127. The fourth-order valence-corrected chi connectivity index (χ4v) is 3.35. The van der Waals surface area contributed by atoms with E-state index in [2.05, 4.69) is 79.5 Å². The highest BCUT2D eigenvalue weighted by Gasteiger charge is 2.31. The zero-order chi connectivity index (χ0) is 13.4. The van der Waals surface area contributed by atoms with Gasteiger partial charge in [0.15, 0.2) is 5.90 Å². The number of halogens is 1. The largest absolute Gasteiger partial charge is 0.478 e. The quantitative estimate of drug-likeness (QED) is 0.745. The molecule has 1 heterocycles. The third-order valence-electron chi connectivity index (χ3n) is 3.22. The van der Waals surface area contributed by atoms with Crippen LogP contribution in [-0.4, -0.2) is 18.0 Å². The van der Waals surface area contributed by atoms with Crippen molar-refractivity contribution in [2.24, 2.45) is 4.99 Å². The molecule has 2 nitrogen and oxygen atoms in total. The Hall–Kier alpha value is -0.580. The van der Waals surface area contributed by atoms with Gasteiger partial charge < -0.3 is 4.74 Å². The Kier molecular flexibility index (Phi) is 3.72. The maximum Gasteiger partial charge on any atom is 0.184 e. The first kappa shape index (κ1) is 13.8. The number of benzene rings is 1. The Labute approximate surface area is 123 Å². The Morgan fingerprint density at radius 1 is 1.33 bits per heavy atom. The molecule has 0 saturated heterocycles. The van der Waals surface area contributed by atoms with Crippen LogP contribution in [0.2, 0.25) is 0 Å². The average Bonchev–Trinajstić information content (AvgIpc) is 2.57. The summed E-state index contributed by atoms with van der Waals surface area (Å²) < 4.78 is 7.02. The molecular weight excluding hydrogens is 337 g/mol. The lowest BCUT2D eigenvalue weighted by molar-refractivity contribution is 0.268. The van der Waals surface area contributed by atoms with Crippen LogP contribution in [0.4, 0.5) is 0 Å². The van der Waals surface area contributed by atoms with E-state index in [1.54, 1.807) is 0 Å². The number of nitrogens with zero attached hydrogens (tertiary/aromatic N) is 1. The summed E-state index contributed by atoms with van der Waals surface area (Å²) in [5, 5.41) is 0. The van der Waals surface area contributed by atoms with E-state index in [4.69, 9.17) is 4.74 Å². The Morgan fingerprint density at radius 3 is 2.56 bits per heavy atom. The van der Waals surface area contributed by atoms with E-state index >= 15 is 0 Å². The summed E-state index contributed by atoms with van der Waals surface area (Å²) in [6, 6.07) is 8.52. The molecule has 0 unspecified atom stereocenters. The molecule has 0 N–H and O–H groups in total. The van der Waals surface area contributed by atoms with E-state index in [1.807, 2.05) is 0 Å². The van der Waals surface area contributed by atoms with Crippen LogP contribution in [0.5, 0.6) is 0 Å². The van der Waals surface area contributed by atoms with Gasteiger partial charge in [-0.25, -0.2) is 4.99 Å². The molecule has 0 saturated carbocycles. The van der Waals surface area contributed by atoms with Crippen molar-refractivity contribution in [3.05, 3.63) is 33.4 Å². The van der Waals surface area contributed by atoms with Crippen LogP contribution in [0.1, 0.15) is 39.7 Å². The number of hydrogen-bond acceptors (Lipinski definition) is 2. The van der Waals surface area contributed by atoms with Crippen molar-refractivity contribution < 1.29 is 4.74 Å². The van der Waals surface area contributed by atoms with Gasteiger partial charge in [0.1, 0.15) is 6.61 Å². The van der Waals surface area contributed by atoms with Gasteiger partial charge in [-0.3, -0.25) is 0 Å². The highest BCUT2D eigenvalue weighted by Crippen LogP contribution is 2.33. The normalized spacial score (nSPS) is 18.4. The van der Waals surface area contributed by atoms with Crippen LogP contribution in [0.3, 0.4) is 0 Å². The van der Waals surface area contributed by atoms with Crippen LogP contribution < -0.4 is 0 Å². The van der Waals surface area contributed by atoms with Crippen molar-refractivity contribution in [3.63, 3.8) is 0 Å². The molecule has 1 aliphatic heterocycles. The van der Waals surface area contributed by atoms with Gasteiger partial charge in [0.05, 0.1) is 5.54 Å². The molecule has 0 spiro atoms. The molecule has 98 valence electrons. The topological polar surface area (TPSA) is 21.6 Å². The molecule has 0 bridgehead atoms. The molecule has 2 rings (SSSR count). The highest BCUT2D eigenvalue weighted by molar-refractivity contribution is 14.1. The molecule has 1 aromatic rings. The SMILES string of the molecule is CC1(C)COC(CC(C)(C)c2ccccc2I)=N1. The molecule has 1 aliphatic rings. The van der Waals surface area contributed by atoms with Crippen LogP contribution >= 0.6 is 22.6 Å². The van der Waals surface area contributed by atoms with Gasteiger partial charge in [0.25, 0.3) is 0 Å². The van der Waals surface area contributed by atoms with Crippen LogP contribution in [0, 0.1) is 3.57 Å².